The normalized spacial score (nSPS) is 11.4. The van der Waals surface area contributed by atoms with Crippen LogP contribution in [0, 0.1) is 6.92 Å². The fourth-order valence-corrected chi connectivity index (χ4v) is 2.08. The van der Waals surface area contributed by atoms with Gasteiger partial charge in [-0.1, -0.05) is 0 Å². The summed E-state index contributed by atoms with van der Waals surface area (Å²) >= 11 is 6.38. The van der Waals surface area contributed by atoms with Crippen molar-refractivity contribution in [1.82, 2.24) is 14.4 Å². The van der Waals surface area contributed by atoms with E-state index in [9.17, 15) is 0 Å². The molecule has 2 heterocycles. The van der Waals surface area contributed by atoms with Crippen LogP contribution in [-0.2, 0) is 0 Å². The van der Waals surface area contributed by atoms with Gasteiger partial charge in [0.25, 0.3) is 0 Å². The van der Waals surface area contributed by atoms with Crippen molar-refractivity contribution < 1.29 is 0 Å². The van der Waals surface area contributed by atoms with Gasteiger partial charge in [0, 0.05) is 18.6 Å². The van der Waals surface area contributed by atoms with Crippen LogP contribution in [0.1, 0.15) is 11.4 Å². The molecule has 2 rings (SSSR count). The number of aromatic nitrogens is 2. The van der Waals surface area contributed by atoms with Crippen LogP contribution in [0.2, 0.25) is 0 Å². The van der Waals surface area contributed by atoms with Crippen LogP contribution in [-0.4, -0.2) is 32.8 Å². The molecule has 0 aromatic carbocycles. The van der Waals surface area contributed by atoms with Gasteiger partial charge in [0.2, 0.25) is 0 Å². The van der Waals surface area contributed by atoms with E-state index in [1.807, 2.05) is 22.9 Å². The zero-order valence-corrected chi connectivity index (χ0v) is 10.5. The highest BCUT2D eigenvalue weighted by Crippen LogP contribution is 2.15. The summed E-state index contributed by atoms with van der Waals surface area (Å²) < 4.78 is 1.98. The molecule has 0 radical (unpaired) electrons. The van der Waals surface area contributed by atoms with Gasteiger partial charge < -0.3 is 5.73 Å². The number of fused-ring (bicyclic) bond motifs is 1. The Labute approximate surface area is 102 Å². The molecule has 0 bridgehead atoms. The average Bonchev–Trinajstić information content (AvgIpc) is 2.75. The molecule has 2 N–H and O–H groups in total. The van der Waals surface area contributed by atoms with E-state index in [1.165, 1.54) is 5.01 Å². The third-order valence-corrected chi connectivity index (χ3v) is 3.18. The summed E-state index contributed by atoms with van der Waals surface area (Å²) in [5.74, 6) is 0. The van der Waals surface area contributed by atoms with E-state index in [0.29, 0.717) is 0 Å². The summed E-state index contributed by atoms with van der Waals surface area (Å²) in [5.41, 5.74) is 7.31. The van der Waals surface area contributed by atoms with Crippen LogP contribution in [0.15, 0.2) is 16.7 Å². The minimum absolute atomic E-state index is 0.236. The van der Waals surface area contributed by atoms with Crippen molar-refractivity contribution in [2.24, 2.45) is 10.8 Å². The van der Waals surface area contributed by atoms with Crippen molar-refractivity contribution in [2.75, 3.05) is 7.05 Å². The molecule has 0 spiro atoms. The monoisotopic (exact) mass is 253 g/mol. The maximum absolute atomic E-state index is 5.43. The Morgan fingerprint density at radius 1 is 1.75 bits per heavy atom. The Morgan fingerprint density at radius 3 is 3.19 bits per heavy atom. The molecule has 2 aromatic heterocycles. The predicted molar refractivity (Wildman–Crippen MR) is 69.9 cm³/mol. The first kappa shape index (κ1) is 11.0. The molecule has 0 saturated carbocycles. The summed E-state index contributed by atoms with van der Waals surface area (Å²) in [6, 6.07) is 0. The molecule has 0 unspecified atom stereocenters. The lowest BCUT2D eigenvalue weighted by molar-refractivity contribution is 0.552. The van der Waals surface area contributed by atoms with Crippen LogP contribution in [0.3, 0.4) is 0 Å². The van der Waals surface area contributed by atoms with Crippen molar-refractivity contribution in [3.63, 3.8) is 0 Å². The van der Waals surface area contributed by atoms with Gasteiger partial charge in [-0.3, -0.25) is 4.40 Å². The Balaban J connectivity index is 2.36. The third kappa shape index (κ3) is 1.91. The highest BCUT2D eigenvalue weighted by atomic mass is 32.1. The number of hydrazone groups is 1. The Kier molecular flexibility index (Phi) is 2.88. The number of hydrogen-bond acceptors (Lipinski definition) is 4. The lowest BCUT2D eigenvalue weighted by atomic mass is 10.4. The van der Waals surface area contributed by atoms with Crippen LogP contribution < -0.4 is 5.73 Å². The average molecular weight is 253 g/mol. The van der Waals surface area contributed by atoms with E-state index in [0.717, 1.165) is 16.3 Å². The molecule has 0 atom stereocenters. The molecular weight excluding hydrogens is 242 g/mol. The number of thiocarbonyl (C=S) groups is 1. The molecule has 0 aliphatic carbocycles. The number of aryl methyl sites for hydroxylation is 1. The molecule has 84 valence electrons. The van der Waals surface area contributed by atoms with Gasteiger partial charge in [0.15, 0.2) is 10.1 Å². The summed E-state index contributed by atoms with van der Waals surface area (Å²) in [4.78, 5) is 5.36. The minimum Gasteiger partial charge on any atom is -0.375 e. The van der Waals surface area contributed by atoms with E-state index in [2.05, 4.69) is 10.1 Å². The quantitative estimate of drug-likeness (QED) is 0.496. The molecule has 7 heteroatoms. The maximum atomic E-state index is 5.43. The van der Waals surface area contributed by atoms with Crippen LogP contribution in [0.25, 0.3) is 4.96 Å². The first-order chi connectivity index (χ1) is 7.59. The van der Waals surface area contributed by atoms with Gasteiger partial charge in [0.1, 0.15) is 0 Å². The van der Waals surface area contributed by atoms with E-state index in [1.54, 1.807) is 24.6 Å². The van der Waals surface area contributed by atoms with Gasteiger partial charge in [0.05, 0.1) is 17.6 Å². The predicted octanol–water partition coefficient (Wildman–Crippen LogP) is 1.21. The number of nitrogens with zero attached hydrogens (tertiary/aromatic N) is 4. The zero-order valence-electron chi connectivity index (χ0n) is 8.91. The number of hydrogen-bond donors (Lipinski definition) is 1. The van der Waals surface area contributed by atoms with Gasteiger partial charge in [-0.2, -0.15) is 5.10 Å². The highest BCUT2D eigenvalue weighted by Gasteiger charge is 2.07. The van der Waals surface area contributed by atoms with Gasteiger partial charge >= 0.3 is 0 Å². The van der Waals surface area contributed by atoms with Crippen LogP contribution in [0.4, 0.5) is 0 Å². The number of nitrogens with two attached hydrogens (primary N) is 1. The minimum atomic E-state index is 0.236. The highest BCUT2D eigenvalue weighted by molar-refractivity contribution is 7.80. The van der Waals surface area contributed by atoms with Crippen LogP contribution >= 0.6 is 23.6 Å². The maximum Gasteiger partial charge on any atom is 0.194 e. The Morgan fingerprint density at radius 2 is 2.50 bits per heavy atom. The zero-order chi connectivity index (χ0) is 11.7. The smallest absolute Gasteiger partial charge is 0.194 e. The summed E-state index contributed by atoms with van der Waals surface area (Å²) in [7, 11) is 1.71. The first-order valence-electron chi connectivity index (χ1n) is 4.59. The Hall–Kier alpha value is -1.47. The molecule has 16 heavy (non-hydrogen) atoms. The summed E-state index contributed by atoms with van der Waals surface area (Å²) in [5, 5.41) is 7.81. The third-order valence-electron chi connectivity index (χ3n) is 2.16. The fourth-order valence-electron chi connectivity index (χ4n) is 1.27. The number of thiazole rings is 1. The molecule has 0 aliphatic heterocycles. The lowest BCUT2D eigenvalue weighted by Gasteiger charge is -2.08. The van der Waals surface area contributed by atoms with Gasteiger partial charge in [-0.25, -0.2) is 9.99 Å². The summed E-state index contributed by atoms with van der Waals surface area (Å²) in [6.07, 6.45) is 3.67. The van der Waals surface area contributed by atoms with Crippen LogP contribution in [0.5, 0.6) is 0 Å². The largest absolute Gasteiger partial charge is 0.375 e. The molecule has 0 amide bonds. The van der Waals surface area contributed by atoms with Crippen molar-refractivity contribution in [1.29, 1.82) is 0 Å². The van der Waals surface area contributed by atoms with Gasteiger partial charge in [-0.05, 0) is 19.1 Å². The molecule has 0 saturated heterocycles. The topological polar surface area (TPSA) is 58.9 Å². The van der Waals surface area contributed by atoms with E-state index < -0.39 is 0 Å². The van der Waals surface area contributed by atoms with Crippen molar-refractivity contribution in [3.05, 3.63) is 23.0 Å². The van der Waals surface area contributed by atoms with E-state index in [4.69, 9.17) is 18.0 Å². The molecular formula is C9H11N5S2. The van der Waals surface area contributed by atoms with E-state index >= 15 is 0 Å². The SMILES string of the molecule is Cc1nc2sccn2c1/C=N/N(C)C(N)=S. The second kappa shape index (κ2) is 4.18. The van der Waals surface area contributed by atoms with Crippen molar-refractivity contribution >= 4 is 39.8 Å². The molecule has 0 fully saturated rings. The second-order valence-corrected chi connectivity index (χ2v) is 4.54. The lowest BCUT2D eigenvalue weighted by Crippen LogP contribution is -2.27. The fraction of sp³-hybridized carbons (Fsp3) is 0.222. The molecule has 2 aromatic rings. The standard InChI is InChI=1S/C9H11N5S2/c1-6-7(5-11-13(2)8(10)15)14-3-4-16-9(14)12-6/h3-5H,1-2H3,(H2,10,15)/b11-5+. The number of rotatable bonds is 2. The molecule has 5 nitrogen and oxygen atoms in total. The Bertz CT molecular complexity index is 553. The van der Waals surface area contributed by atoms with Crippen molar-refractivity contribution in [2.45, 2.75) is 6.92 Å². The van der Waals surface area contributed by atoms with Gasteiger partial charge in [-0.15, -0.1) is 11.3 Å². The summed E-state index contributed by atoms with van der Waals surface area (Å²) in [6.45, 7) is 1.95. The van der Waals surface area contributed by atoms with E-state index in [-0.39, 0.29) is 5.11 Å². The molecule has 0 aliphatic rings. The second-order valence-electron chi connectivity index (χ2n) is 3.24. The number of imidazole rings is 1. The first-order valence-corrected chi connectivity index (χ1v) is 5.87. The van der Waals surface area contributed by atoms with Crippen molar-refractivity contribution in [3.8, 4) is 0 Å².